The number of hydrogen-bond acceptors (Lipinski definition) is 4. The van der Waals surface area contributed by atoms with Gasteiger partial charge in [-0.3, -0.25) is 5.32 Å². The van der Waals surface area contributed by atoms with Gasteiger partial charge in [0, 0.05) is 24.0 Å². The summed E-state index contributed by atoms with van der Waals surface area (Å²) < 4.78 is 12.4. The van der Waals surface area contributed by atoms with E-state index in [0.717, 1.165) is 47.3 Å². The van der Waals surface area contributed by atoms with Crippen molar-refractivity contribution in [3.63, 3.8) is 0 Å². The second-order valence-electron chi connectivity index (χ2n) is 11.1. The topological polar surface area (TPSA) is 54.1 Å². The summed E-state index contributed by atoms with van der Waals surface area (Å²) in [5.41, 5.74) is 6.00. The minimum atomic E-state index is -0.509. The van der Waals surface area contributed by atoms with Crippen LogP contribution in [0.5, 0.6) is 0 Å². The number of benzene rings is 2. The predicted molar refractivity (Wildman–Crippen MR) is 145 cm³/mol. The highest BCUT2D eigenvalue weighted by molar-refractivity contribution is 5.88. The number of carbonyl (C=O) groups excluding carboxylic acids is 1. The molecule has 5 nitrogen and oxygen atoms in total. The van der Waals surface area contributed by atoms with Crippen LogP contribution < -0.4 is 10.2 Å². The zero-order valence-electron chi connectivity index (χ0n) is 22.1. The minimum Gasteiger partial charge on any atom is -0.444 e. The van der Waals surface area contributed by atoms with E-state index in [2.05, 4.69) is 73.9 Å². The first-order chi connectivity index (χ1) is 17.7. The molecule has 1 saturated heterocycles. The molecule has 2 fully saturated rings. The van der Waals surface area contributed by atoms with Crippen LogP contribution in [0.15, 0.2) is 42.5 Å². The molecule has 1 N–H and O–H groups in total. The monoisotopic (exact) mass is 492 g/mol. The number of likely N-dealkylation sites (N-methyl/N-ethyl adjacent to an activating group) is 1. The molecule has 2 aromatic carbocycles. The number of carbonyl (C=O) groups is 1. The van der Waals surface area contributed by atoms with E-state index < -0.39 is 11.7 Å². The van der Waals surface area contributed by atoms with Gasteiger partial charge in [-0.15, -0.1) is 0 Å². The molecule has 0 radical (unpaired) electrons. The van der Waals surface area contributed by atoms with Gasteiger partial charge in [-0.25, -0.2) is 4.79 Å². The van der Waals surface area contributed by atoms with Crippen LogP contribution in [0.2, 0.25) is 0 Å². The van der Waals surface area contributed by atoms with Crippen LogP contribution in [0.25, 0.3) is 0 Å². The van der Waals surface area contributed by atoms with Crippen molar-refractivity contribution in [3.05, 3.63) is 70.3 Å². The molecular weight excluding hydrogens is 460 g/mol. The fraction of sp³-hybridized carbons (Fsp3) is 0.406. The van der Waals surface area contributed by atoms with E-state index in [4.69, 9.17) is 9.47 Å². The lowest BCUT2D eigenvalue weighted by molar-refractivity contribution is 0.155. The Balaban J connectivity index is 1.34. The molecule has 4 bridgehead atoms. The summed E-state index contributed by atoms with van der Waals surface area (Å²) in [7, 11) is 2.07. The van der Waals surface area contributed by atoms with E-state index in [1.54, 1.807) is 0 Å². The van der Waals surface area contributed by atoms with Crippen molar-refractivity contribution in [3.8, 4) is 23.7 Å². The second-order valence-corrected chi connectivity index (χ2v) is 11.1. The Bertz CT molecular complexity index is 1490. The van der Waals surface area contributed by atoms with Crippen molar-refractivity contribution in [2.45, 2.75) is 70.8 Å². The van der Waals surface area contributed by atoms with Gasteiger partial charge in [0.15, 0.2) is 0 Å². The molecule has 2 aliphatic heterocycles. The Labute approximate surface area is 219 Å². The standard InChI is InChI=1S/C32H32N2O3/c1-21-12-13-24(17-22(21)2)20-36-29(35)33-26-19-27-25(18-23(26)3)32-30(4)14-9-7-6-8-11-28(34(27)5)31(32,37-32)16-10-15-30/h6-7,12-13,17-19,28H,10,15-16,20H2,1-5H3,(H,33,35)/b7-6-/t28-,30+,31?,32?/m0/s1. The van der Waals surface area contributed by atoms with Crippen LogP contribution in [0, 0.1) is 49.9 Å². The maximum Gasteiger partial charge on any atom is 0.411 e. The number of anilines is 2. The number of amides is 1. The van der Waals surface area contributed by atoms with E-state index in [0.29, 0.717) is 0 Å². The molecule has 4 aliphatic rings. The first-order valence-electron chi connectivity index (χ1n) is 13.0. The molecule has 1 amide bonds. The minimum absolute atomic E-state index is 0.101. The second kappa shape index (κ2) is 8.17. The van der Waals surface area contributed by atoms with E-state index in [1.165, 1.54) is 11.1 Å². The number of fused-ring (bicyclic) bond motifs is 1. The number of rotatable bonds is 3. The maximum absolute atomic E-state index is 12.8. The average molecular weight is 493 g/mol. The Morgan fingerprint density at radius 1 is 1.11 bits per heavy atom. The Hall–Kier alpha value is -3.67. The van der Waals surface area contributed by atoms with Gasteiger partial charge in [0.25, 0.3) is 0 Å². The summed E-state index contributed by atoms with van der Waals surface area (Å²) in [6.45, 7) is 8.60. The SMILES string of the molecule is Cc1ccc(COC(=O)Nc2cc3c(cc2C)C24OC25CCC[C@@]4(C)C#C/C=C\C#C[C@@H]5N3C)cc1C. The quantitative estimate of drug-likeness (QED) is 0.428. The summed E-state index contributed by atoms with van der Waals surface area (Å²) in [6.07, 6.45) is 6.19. The lowest BCUT2D eigenvalue weighted by atomic mass is 9.56. The number of allylic oxidation sites excluding steroid dienone is 2. The maximum atomic E-state index is 12.8. The third-order valence-electron chi connectivity index (χ3n) is 8.82. The van der Waals surface area contributed by atoms with Crippen molar-refractivity contribution in [2.24, 2.45) is 5.41 Å². The van der Waals surface area contributed by atoms with Gasteiger partial charge in [0.1, 0.15) is 23.9 Å². The van der Waals surface area contributed by atoms with Crippen molar-refractivity contribution in [1.82, 2.24) is 0 Å². The molecule has 4 atom stereocenters. The number of hydrogen-bond donors (Lipinski definition) is 1. The number of ether oxygens (including phenoxy) is 2. The van der Waals surface area contributed by atoms with Crippen molar-refractivity contribution < 1.29 is 14.3 Å². The lowest BCUT2D eigenvalue weighted by Gasteiger charge is -2.47. The smallest absolute Gasteiger partial charge is 0.411 e. The molecule has 2 heterocycles. The van der Waals surface area contributed by atoms with Crippen LogP contribution in [0.4, 0.5) is 16.2 Å². The molecule has 0 aromatic heterocycles. The third-order valence-corrected chi connectivity index (χ3v) is 8.82. The van der Waals surface area contributed by atoms with Crippen molar-refractivity contribution >= 4 is 17.5 Å². The number of nitrogens with one attached hydrogen (secondary N) is 1. The summed E-state index contributed by atoms with van der Waals surface area (Å²) in [5.74, 6) is 13.4. The average Bonchev–Trinajstić information content (AvgIpc) is 3.58. The molecule has 2 unspecified atom stereocenters. The van der Waals surface area contributed by atoms with E-state index in [9.17, 15) is 4.79 Å². The highest BCUT2D eigenvalue weighted by Gasteiger charge is 2.84. The van der Waals surface area contributed by atoms with Crippen LogP contribution in [-0.4, -0.2) is 24.8 Å². The fourth-order valence-electron chi connectivity index (χ4n) is 6.72. The van der Waals surface area contributed by atoms with Crippen molar-refractivity contribution in [1.29, 1.82) is 0 Å². The summed E-state index contributed by atoms with van der Waals surface area (Å²) >= 11 is 0. The van der Waals surface area contributed by atoms with E-state index >= 15 is 0 Å². The first kappa shape index (κ1) is 23.7. The first-order valence-corrected chi connectivity index (χ1v) is 13.0. The van der Waals surface area contributed by atoms with Gasteiger partial charge < -0.3 is 14.4 Å². The van der Waals surface area contributed by atoms with Gasteiger partial charge in [0.05, 0.1) is 5.41 Å². The lowest BCUT2D eigenvalue weighted by Crippen LogP contribution is -2.56. The molecule has 0 spiro atoms. The summed E-state index contributed by atoms with van der Waals surface area (Å²) in [5, 5.41) is 2.97. The number of epoxide rings is 1. The van der Waals surface area contributed by atoms with Gasteiger partial charge >= 0.3 is 6.09 Å². The molecule has 2 aromatic rings. The highest BCUT2D eigenvalue weighted by atomic mass is 16.6. The molecule has 2 aliphatic carbocycles. The Morgan fingerprint density at radius 2 is 1.92 bits per heavy atom. The Kier molecular flexibility index (Phi) is 5.23. The highest BCUT2D eigenvalue weighted by Crippen LogP contribution is 2.75. The van der Waals surface area contributed by atoms with Crippen molar-refractivity contribution in [2.75, 3.05) is 17.3 Å². The number of aryl methyl sites for hydroxylation is 3. The van der Waals surface area contributed by atoms with Crippen LogP contribution in [0.1, 0.15) is 54.0 Å². The molecule has 5 heteroatoms. The largest absolute Gasteiger partial charge is 0.444 e. The van der Waals surface area contributed by atoms with E-state index in [1.807, 2.05) is 37.3 Å². The molecular formula is C32H32N2O3. The zero-order valence-corrected chi connectivity index (χ0v) is 22.1. The molecule has 6 rings (SSSR count). The van der Waals surface area contributed by atoms with Crippen LogP contribution >= 0.6 is 0 Å². The van der Waals surface area contributed by atoms with Crippen LogP contribution in [-0.2, 0) is 21.7 Å². The molecule has 1 saturated carbocycles. The predicted octanol–water partition coefficient (Wildman–Crippen LogP) is 5.91. The van der Waals surface area contributed by atoms with Gasteiger partial charge in [-0.1, -0.05) is 41.9 Å². The third kappa shape index (κ3) is 3.34. The fourth-order valence-corrected chi connectivity index (χ4v) is 6.72. The van der Waals surface area contributed by atoms with Gasteiger partial charge in [-0.2, -0.15) is 0 Å². The summed E-state index contributed by atoms with van der Waals surface area (Å²) in [4.78, 5) is 15.0. The summed E-state index contributed by atoms with van der Waals surface area (Å²) in [6, 6.07) is 10.2. The molecule has 188 valence electrons. The molecule has 37 heavy (non-hydrogen) atoms. The number of nitrogens with zero attached hydrogens (tertiary/aromatic N) is 1. The van der Waals surface area contributed by atoms with Crippen LogP contribution in [0.3, 0.4) is 0 Å². The van der Waals surface area contributed by atoms with E-state index in [-0.39, 0.29) is 23.7 Å². The van der Waals surface area contributed by atoms with Gasteiger partial charge in [-0.05, 0) is 93.5 Å². The zero-order chi connectivity index (χ0) is 26.0. The van der Waals surface area contributed by atoms with Gasteiger partial charge in [0.2, 0.25) is 0 Å². The Morgan fingerprint density at radius 3 is 2.73 bits per heavy atom. The normalized spacial score (nSPS) is 30.8.